The third-order valence-corrected chi connectivity index (χ3v) is 3.03. The van der Waals surface area contributed by atoms with Gasteiger partial charge in [0.1, 0.15) is 6.07 Å². The van der Waals surface area contributed by atoms with Crippen LogP contribution in [0.2, 0.25) is 0 Å². The van der Waals surface area contributed by atoms with Gasteiger partial charge in [0.25, 0.3) is 0 Å². The number of nitrogens with zero attached hydrogens (tertiary/aromatic N) is 2. The van der Waals surface area contributed by atoms with E-state index >= 15 is 0 Å². The molecule has 1 N–H and O–H groups in total. The number of hydrogen-bond donors (Lipinski definition) is 1. The molecule has 0 spiro atoms. The van der Waals surface area contributed by atoms with E-state index in [1.807, 2.05) is 37.4 Å². The van der Waals surface area contributed by atoms with Gasteiger partial charge < -0.3 is 5.32 Å². The fraction of sp³-hybridized carbons (Fsp3) is 0.167. The van der Waals surface area contributed by atoms with Crippen LogP contribution in [0.15, 0.2) is 23.6 Å². The van der Waals surface area contributed by atoms with Crippen LogP contribution in [0.3, 0.4) is 0 Å². The highest BCUT2D eigenvalue weighted by Gasteiger charge is 2.04. The summed E-state index contributed by atoms with van der Waals surface area (Å²) >= 11 is 1.54. The van der Waals surface area contributed by atoms with Crippen LogP contribution in [0, 0.1) is 25.2 Å². The second-order valence-electron chi connectivity index (χ2n) is 3.58. The average molecular weight is 229 g/mol. The Morgan fingerprint density at radius 3 is 2.81 bits per heavy atom. The first kappa shape index (κ1) is 10.7. The molecule has 1 aromatic heterocycles. The topological polar surface area (TPSA) is 48.7 Å². The quantitative estimate of drug-likeness (QED) is 0.858. The number of rotatable bonds is 2. The molecule has 2 aromatic rings. The Bertz CT molecular complexity index is 552. The van der Waals surface area contributed by atoms with Crippen molar-refractivity contribution in [2.75, 3.05) is 5.32 Å². The van der Waals surface area contributed by atoms with Crippen LogP contribution < -0.4 is 5.32 Å². The maximum atomic E-state index is 8.99. The van der Waals surface area contributed by atoms with E-state index in [2.05, 4.69) is 16.4 Å². The summed E-state index contributed by atoms with van der Waals surface area (Å²) in [7, 11) is 0. The zero-order valence-corrected chi connectivity index (χ0v) is 9.93. The van der Waals surface area contributed by atoms with Crippen molar-refractivity contribution in [3.05, 3.63) is 40.4 Å². The largest absolute Gasteiger partial charge is 0.330 e. The standard InChI is InChI=1S/C12H11N3S/c1-8-3-4-10(6-13)11(5-8)15-12-14-9(2)7-16-12/h3-5,7H,1-2H3,(H,14,15). The molecule has 0 bridgehead atoms. The highest BCUT2D eigenvalue weighted by Crippen LogP contribution is 2.24. The molecule has 0 amide bonds. The van der Waals surface area contributed by atoms with E-state index in [-0.39, 0.29) is 0 Å². The SMILES string of the molecule is Cc1ccc(C#N)c(Nc2nc(C)cs2)c1. The fourth-order valence-electron chi connectivity index (χ4n) is 1.39. The van der Waals surface area contributed by atoms with Crippen LogP contribution >= 0.6 is 11.3 Å². The lowest BCUT2D eigenvalue weighted by Crippen LogP contribution is -1.93. The fourth-order valence-corrected chi connectivity index (χ4v) is 2.09. The molecular weight excluding hydrogens is 218 g/mol. The van der Waals surface area contributed by atoms with Crippen LogP contribution in [0.5, 0.6) is 0 Å². The van der Waals surface area contributed by atoms with Crippen molar-refractivity contribution >= 4 is 22.2 Å². The van der Waals surface area contributed by atoms with E-state index in [4.69, 9.17) is 5.26 Å². The summed E-state index contributed by atoms with van der Waals surface area (Å²) < 4.78 is 0. The number of nitrogens with one attached hydrogen (secondary N) is 1. The van der Waals surface area contributed by atoms with E-state index in [0.717, 1.165) is 22.1 Å². The van der Waals surface area contributed by atoms with Gasteiger partial charge in [-0.15, -0.1) is 11.3 Å². The summed E-state index contributed by atoms with van der Waals surface area (Å²) in [5.74, 6) is 0. The van der Waals surface area contributed by atoms with Crippen LogP contribution in [-0.4, -0.2) is 4.98 Å². The molecule has 1 heterocycles. The van der Waals surface area contributed by atoms with Gasteiger partial charge in [-0.2, -0.15) is 5.26 Å². The van der Waals surface area contributed by atoms with E-state index < -0.39 is 0 Å². The second kappa shape index (κ2) is 4.33. The molecule has 0 aliphatic heterocycles. The summed E-state index contributed by atoms with van der Waals surface area (Å²) in [4.78, 5) is 4.31. The Labute approximate surface area is 98.4 Å². The third kappa shape index (κ3) is 2.20. The molecule has 0 aliphatic carbocycles. The molecule has 0 aliphatic rings. The zero-order valence-electron chi connectivity index (χ0n) is 9.11. The first-order valence-corrected chi connectivity index (χ1v) is 5.77. The van der Waals surface area contributed by atoms with Gasteiger partial charge in [0.15, 0.2) is 5.13 Å². The van der Waals surface area contributed by atoms with Gasteiger partial charge in [-0.1, -0.05) is 6.07 Å². The predicted molar refractivity (Wildman–Crippen MR) is 66.0 cm³/mol. The molecule has 3 nitrogen and oxygen atoms in total. The third-order valence-electron chi connectivity index (χ3n) is 2.16. The van der Waals surface area contributed by atoms with Crippen LogP contribution in [0.25, 0.3) is 0 Å². The molecule has 0 saturated heterocycles. The number of benzene rings is 1. The van der Waals surface area contributed by atoms with E-state index in [0.29, 0.717) is 5.56 Å². The molecule has 2 rings (SSSR count). The minimum absolute atomic E-state index is 0.637. The molecule has 4 heteroatoms. The summed E-state index contributed by atoms with van der Waals surface area (Å²) in [6.07, 6.45) is 0. The monoisotopic (exact) mass is 229 g/mol. The highest BCUT2D eigenvalue weighted by molar-refractivity contribution is 7.13. The molecule has 0 fully saturated rings. The van der Waals surface area contributed by atoms with Crippen molar-refractivity contribution in [1.29, 1.82) is 5.26 Å². The minimum Gasteiger partial charge on any atom is -0.330 e. The highest BCUT2D eigenvalue weighted by atomic mass is 32.1. The lowest BCUT2D eigenvalue weighted by molar-refractivity contribution is 1.26. The van der Waals surface area contributed by atoms with Crippen LogP contribution in [0.4, 0.5) is 10.8 Å². The number of aryl methyl sites for hydroxylation is 2. The lowest BCUT2D eigenvalue weighted by Gasteiger charge is -2.05. The van der Waals surface area contributed by atoms with Crippen molar-refractivity contribution in [3.63, 3.8) is 0 Å². The number of nitriles is 1. The number of thiazole rings is 1. The molecule has 0 saturated carbocycles. The van der Waals surface area contributed by atoms with Crippen molar-refractivity contribution in [2.24, 2.45) is 0 Å². The van der Waals surface area contributed by atoms with Crippen LogP contribution in [-0.2, 0) is 0 Å². The van der Waals surface area contributed by atoms with E-state index in [1.165, 1.54) is 11.3 Å². The molecule has 0 atom stereocenters. The normalized spacial score (nSPS) is 9.81. The van der Waals surface area contributed by atoms with Crippen molar-refractivity contribution < 1.29 is 0 Å². The van der Waals surface area contributed by atoms with Crippen molar-refractivity contribution in [2.45, 2.75) is 13.8 Å². The maximum absolute atomic E-state index is 8.99. The van der Waals surface area contributed by atoms with Crippen molar-refractivity contribution in [1.82, 2.24) is 4.98 Å². The Morgan fingerprint density at radius 1 is 1.38 bits per heavy atom. The van der Waals surface area contributed by atoms with Gasteiger partial charge >= 0.3 is 0 Å². The molecule has 0 radical (unpaired) electrons. The number of anilines is 2. The van der Waals surface area contributed by atoms with E-state index in [1.54, 1.807) is 0 Å². The average Bonchev–Trinajstić information content (AvgIpc) is 2.64. The summed E-state index contributed by atoms with van der Waals surface area (Å²) in [6.45, 7) is 3.95. The Hall–Kier alpha value is -1.86. The zero-order chi connectivity index (χ0) is 11.5. The lowest BCUT2D eigenvalue weighted by atomic mass is 10.1. The summed E-state index contributed by atoms with van der Waals surface area (Å²) in [6, 6.07) is 7.86. The molecule has 80 valence electrons. The first-order chi connectivity index (χ1) is 7.69. The maximum Gasteiger partial charge on any atom is 0.187 e. The van der Waals surface area contributed by atoms with Gasteiger partial charge in [0, 0.05) is 5.38 Å². The number of aromatic nitrogens is 1. The Balaban J connectivity index is 2.34. The van der Waals surface area contributed by atoms with Gasteiger partial charge in [-0.3, -0.25) is 0 Å². The van der Waals surface area contributed by atoms with Gasteiger partial charge in [-0.25, -0.2) is 4.98 Å². The minimum atomic E-state index is 0.637. The Kier molecular flexibility index (Phi) is 2.88. The van der Waals surface area contributed by atoms with Gasteiger partial charge in [-0.05, 0) is 31.5 Å². The Morgan fingerprint density at radius 2 is 2.19 bits per heavy atom. The van der Waals surface area contributed by atoms with Crippen molar-refractivity contribution in [3.8, 4) is 6.07 Å². The molecule has 1 aromatic carbocycles. The van der Waals surface area contributed by atoms with E-state index in [9.17, 15) is 0 Å². The smallest absolute Gasteiger partial charge is 0.187 e. The van der Waals surface area contributed by atoms with Crippen LogP contribution in [0.1, 0.15) is 16.8 Å². The first-order valence-electron chi connectivity index (χ1n) is 4.89. The summed E-state index contributed by atoms with van der Waals surface area (Å²) in [5.41, 5.74) is 3.56. The molecular formula is C12H11N3S. The molecule has 0 unspecified atom stereocenters. The molecule has 16 heavy (non-hydrogen) atoms. The second-order valence-corrected chi connectivity index (χ2v) is 4.44. The summed E-state index contributed by atoms with van der Waals surface area (Å²) in [5, 5.41) is 15.0. The number of hydrogen-bond acceptors (Lipinski definition) is 4. The predicted octanol–water partition coefficient (Wildman–Crippen LogP) is 3.38. The van der Waals surface area contributed by atoms with Gasteiger partial charge in [0.2, 0.25) is 0 Å². The van der Waals surface area contributed by atoms with Gasteiger partial charge in [0.05, 0.1) is 16.9 Å².